The molecule has 430 valence electrons. The van der Waals surface area contributed by atoms with Gasteiger partial charge in [0.05, 0.1) is 0 Å². The SMILES string of the molecule is CC/C=C\C/C=C\C/C=C\C/C=C\C/C=C\C/C=C\CCCCCCCCCCCCCCCCC(=O)OCC(COC(=O)CCCCCCCC)OC(=O)CCCCCCCCC/C=C\C/C=C\CCCCCC. The molecule has 0 radical (unpaired) electrons. The topological polar surface area (TPSA) is 78.9 Å². The quantitative estimate of drug-likeness (QED) is 0.0261. The second-order valence-corrected chi connectivity index (χ2v) is 20.9. The van der Waals surface area contributed by atoms with E-state index in [1.165, 1.54) is 154 Å². The minimum absolute atomic E-state index is 0.0784. The summed E-state index contributed by atoms with van der Waals surface area (Å²) < 4.78 is 16.8. The van der Waals surface area contributed by atoms with Crippen LogP contribution < -0.4 is 0 Å². The van der Waals surface area contributed by atoms with Crippen LogP contribution in [-0.2, 0) is 28.6 Å². The van der Waals surface area contributed by atoms with Crippen molar-refractivity contribution in [3.8, 4) is 0 Å². The standard InChI is InChI=1S/C69H118O6/c1-4-7-10-13-16-18-20-22-24-26-28-29-30-31-32-33-34-35-36-37-38-39-40-41-42-44-45-47-49-51-53-56-59-62-68(71)74-65-66(64-73-67(70)61-58-55-15-12-9-6-3)75-69(72)63-60-57-54-52-50-48-46-43-27-25-23-21-19-17-14-11-8-5-2/h7,10,16,18-19,21-22,24-25,27-29,31-32,34-35,66H,4-6,8-9,11-15,17,20,23,26,30,33,36-65H2,1-3H3/b10-7-,18-16-,21-19-,24-22-,27-25-,29-28-,32-31-,35-34-. The molecule has 75 heavy (non-hydrogen) atoms. The molecule has 0 amide bonds. The molecule has 0 saturated heterocycles. The molecule has 0 aliphatic carbocycles. The van der Waals surface area contributed by atoms with E-state index in [-0.39, 0.29) is 31.1 Å². The van der Waals surface area contributed by atoms with E-state index in [2.05, 4.69) is 118 Å². The van der Waals surface area contributed by atoms with E-state index in [4.69, 9.17) is 14.2 Å². The summed E-state index contributed by atoms with van der Waals surface area (Å²) in [5.74, 6) is -0.888. The maximum absolute atomic E-state index is 12.8. The Morgan fingerprint density at radius 3 is 0.827 bits per heavy atom. The van der Waals surface area contributed by atoms with Crippen LogP contribution >= 0.6 is 0 Å². The molecular formula is C69H118O6. The van der Waals surface area contributed by atoms with Crippen LogP contribution in [0.1, 0.15) is 303 Å². The van der Waals surface area contributed by atoms with Crippen LogP contribution in [0.25, 0.3) is 0 Å². The lowest BCUT2D eigenvalue weighted by Gasteiger charge is -2.18. The lowest BCUT2D eigenvalue weighted by atomic mass is 10.0. The van der Waals surface area contributed by atoms with Gasteiger partial charge in [-0.2, -0.15) is 0 Å². The molecular weight excluding hydrogens is 925 g/mol. The zero-order valence-corrected chi connectivity index (χ0v) is 49.3. The summed E-state index contributed by atoms with van der Waals surface area (Å²) in [6.45, 7) is 6.46. The summed E-state index contributed by atoms with van der Waals surface area (Å²) in [5.41, 5.74) is 0. The maximum atomic E-state index is 12.8. The lowest BCUT2D eigenvalue weighted by Crippen LogP contribution is -2.30. The van der Waals surface area contributed by atoms with Crippen LogP contribution in [0.4, 0.5) is 0 Å². The Morgan fingerprint density at radius 2 is 0.520 bits per heavy atom. The molecule has 6 heteroatoms. The number of hydrogen-bond donors (Lipinski definition) is 0. The van der Waals surface area contributed by atoms with Gasteiger partial charge in [-0.05, 0) is 103 Å². The molecule has 1 unspecified atom stereocenters. The number of carbonyl (C=O) groups excluding carboxylic acids is 3. The third kappa shape index (κ3) is 61.1. The van der Waals surface area contributed by atoms with Crippen molar-refractivity contribution in [2.24, 2.45) is 0 Å². The minimum atomic E-state index is -0.778. The van der Waals surface area contributed by atoms with Gasteiger partial charge in [-0.25, -0.2) is 0 Å². The number of hydrogen-bond acceptors (Lipinski definition) is 6. The number of unbranched alkanes of at least 4 members (excludes halogenated alkanes) is 30. The molecule has 0 bridgehead atoms. The Labute approximate surface area is 464 Å². The third-order valence-corrected chi connectivity index (χ3v) is 13.6. The highest BCUT2D eigenvalue weighted by Crippen LogP contribution is 2.16. The maximum Gasteiger partial charge on any atom is 0.306 e. The average molecular weight is 1040 g/mol. The van der Waals surface area contributed by atoms with Gasteiger partial charge in [-0.15, -0.1) is 0 Å². The van der Waals surface area contributed by atoms with E-state index in [1.807, 2.05) is 0 Å². The van der Waals surface area contributed by atoms with Gasteiger partial charge in [0, 0.05) is 19.3 Å². The molecule has 0 aromatic heterocycles. The van der Waals surface area contributed by atoms with Crippen LogP contribution in [0, 0.1) is 0 Å². The largest absolute Gasteiger partial charge is 0.462 e. The van der Waals surface area contributed by atoms with Crippen molar-refractivity contribution in [3.05, 3.63) is 97.2 Å². The Kier molecular flexibility index (Phi) is 59.8. The van der Waals surface area contributed by atoms with Gasteiger partial charge in [0.1, 0.15) is 13.2 Å². The van der Waals surface area contributed by atoms with Gasteiger partial charge in [-0.3, -0.25) is 14.4 Å². The number of carbonyl (C=O) groups is 3. The van der Waals surface area contributed by atoms with Crippen molar-refractivity contribution >= 4 is 17.9 Å². The normalized spacial score (nSPS) is 12.7. The number of ether oxygens (including phenoxy) is 3. The van der Waals surface area contributed by atoms with Crippen LogP contribution in [0.15, 0.2) is 97.2 Å². The molecule has 0 fully saturated rings. The number of rotatable bonds is 57. The van der Waals surface area contributed by atoms with E-state index < -0.39 is 6.10 Å². The van der Waals surface area contributed by atoms with Crippen molar-refractivity contribution in [2.45, 2.75) is 309 Å². The second-order valence-electron chi connectivity index (χ2n) is 20.9. The van der Waals surface area contributed by atoms with E-state index in [0.29, 0.717) is 19.3 Å². The smallest absolute Gasteiger partial charge is 0.306 e. The molecule has 0 N–H and O–H groups in total. The van der Waals surface area contributed by atoms with Gasteiger partial charge >= 0.3 is 17.9 Å². The van der Waals surface area contributed by atoms with Crippen molar-refractivity contribution < 1.29 is 28.6 Å². The molecule has 0 spiro atoms. The molecule has 0 aliphatic rings. The average Bonchev–Trinajstić information content (AvgIpc) is 3.41. The first-order valence-corrected chi connectivity index (χ1v) is 31.7. The van der Waals surface area contributed by atoms with Crippen molar-refractivity contribution in [1.82, 2.24) is 0 Å². The molecule has 0 heterocycles. The van der Waals surface area contributed by atoms with Crippen molar-refractivity contribution in [1.29, 1.82) is 0 Å². The Hall–Kier alpha value is -3.67. The predicted molar refractivity (Wildman–Crippen MR) is 325 cm³/mol. The predicted octanol–water partition coefficient (Wildman–Crippen LogP) is 21.7. The fourth-order valence-corrected chi connectivity index (χ4v) is 8.83. The summed E-state index contributed by atoms with van der Waals surface area (Å²) in [6, 6.07) is 0. The highest BCUT2D eigenvalue weighted by molar-refractivity contribution is 5.71. The van der Waals surface area contributed by atoms with Gasteiger partial charge in [0.25, 0.3) is 0 Å². The van der Waals surface area contributed by atoms with Gasteiger partial charge in [-0.1, -0.05) is 279 Å². The Morgan fingerprint density at radius 1 is 0.280 bits per heavy atom. The van der Waals surface area contributed by atoms with Crippen molar-refractivity contribution in [3.63, 3.8) is 0 Å². The summed E-state index contributed by atoms with van der Waals surface area (Å²) in [7, 11) is 0. The van der Waals surface area contributed by atoms with Crippen molar-refractivity contribution in [2.75, 3.05) is 13.2 Å². The summed E-state index contributed by atoms with van der Waals surface area (Å²) in [6.07, 6.45) is 84.5. The van der Waals surface area contributed by atoms with E-state index in [1.54, 1.807) is 0 Å². The van der Waals surface area contributed by atoms with Gasteiger partial charge in [0.15, 0.2) is 6.10 Å². The van der Waals surface area contributed by atoms with E-state index >= 15 is 0 Å². The molecule has 0 rings (SSSR count). The first-order valence-electron chi connectivity index (χ1n) is 31.7. The van der Waals surface area contributed by atoms with Crippen LogP contribution in [-0.4, -0.2) is 37.2 Å². The Balaban J connectivity index is 4.04. The third-order valence-electron chi connectivity index (χ3n) is 13.6. The van der Waals surface area contributed by atoms with Crippen LogP contribution in [0.2, 0.25) is 0 Å². The molecule has 6 nitrogen and oxygen atoms in total. The zero-order valence-electron chi connectivity index (χ0n) is 49.3. The summed E-state index contributed by atoms with van der Waals surface area (Å²) in [4.78, 5) is 38.0. The lowest BCUT2D eigenvalue weighted by molar-refractivity contribution is -0.167. The molecule has 0 aromatic carbocycles. The van der Waals surface area contributed by atoms with E-state index in [9.17, 15) is 14.4 Å². The monoisotopic (exact) mass is 1040 g/mol. The van der Waals surface area contributed by atoms with Crippen LogP contribution in [0.3, 0.4) is 0 Å². The zero-order chi connectivity index (χ0) is 54.3. The fourth-order valence-electron chi connectivity index (χ4n) is 8.83. The molecule has 0 saturated carbocycles. The Bertz CT molecular complexity index is 1480. The molecule has 0 aromatic rings. The molecule has 1 atom stereocenters. The highest BCUT2D eigenvalue weighted by atomic mass is 16.6. The molecule has 0 aliphatic heterocycles. The number of allylic oxidation sites excluding steroid dienone is 16. The second kappa shape index (κ2) is 62.9. The van der Waals surface area contributed by atoms with Gasteiger partial charge < -0.3 is 14.2 Å². The van der Waals surface area contributed by atoms with E-state index in [0.717, 1.165) is 109 Å². The van der Waals surface area contributed by atoms with Gasteiger partial charge in [0.2, 0.25) is 0 Å². The summed E-state index contributed by atoms with van der Waals surface area (Å²) >= 11 is 0. The first-order chi connectivity index (χ1) is 37.0. The first kappa shape index (κ1) is 71.3. The minimum Gasteiger partial charge on any atom is -0.462 e. The number of esters is 3. The van der Waals surface area contributed by atoms with Crippen LogP contribution in [0.5, 0.6) is 0 Å². The summed E-state index contributed by atoms with van der Waals surface area (Å²) in [5, 5.41) is 0. The highest BCUT2D eigenvalue weighted by Gasteiger charge is 2.19. The fraction of sp³-hybridized carbons (Fsp3) is 0.725.